The summed E-state index contributed by atoms with van der Waals surface area (Å²) in [5, 5.41) is 1.23. The number of aryl methyl sites for hydroxylation is 1. The number of hydrogen-bond donors (Lipinski definition) is 1. The Bertz CT molecular complexity index is 706. The molecule has 22 heavy (non-hydrogen) atoms. The van der Waals surface area contributed by atoms with Crippen molar-refractivity contribution >= 4 is 23.6 Å². The van der Waals surface area contributed by atoms with Crippen molar-refractivity contribution in [1.82, 2.24) is 15.4 Å². The van der Waals surface area contributed by atoms with Crippen LogP contribution in [0.4, 0.5) is 0 Å². The lowest BCUT2D eigenvalue weighted by Crippen LogP contribution is -2.44. The minimum absolute atomic E-state index is 0.0966. The number of carbonyl (C=O) groups is 2. The summed E-state index contributed by atoms with van der Waals surface area (Å²) in [4.78, 5) is 28.3. The van der Waals surface area contributed by atoms with Gasteiger partial charge in [0, 0.05) is 18.0 Å². The van der Waals surface area contributed by atoms with Crippen molar-refractivity contribution in [2.45, 2.75) is 12.3 Å². The first-order valence-corrected chi connectivity index (χ1v) is 7.92. The van der Waals surface area contributed by atoms with E-state index in [1.165, 1.54) is 16.8 Å². The zero-order chi connectivity index (χ0) is 15.5. The highest BCUT2D eigenvalue weighted by Gasteiger charge is 2.35. The molecule has 5 nitrogen and oxygen atoms in total. The van der Waals surface area contributed by atoms with Crippen molar-refractivity contribution in [3.05, 3.63) is 65.5 Å². The molecule has 1 N–H and O–H groups in total. The van der Waals surface area contributed by atoms with Crippen molar-refractivity contribution < 1.29 is 9.59 Å². The van der Waals surface area contributed by atoms with E-state index in [0.29, 0.717) is 11.3 Å². The number of pyridine rings is 1. The monoisotopic (exact) mass is 313 g/mol. The Labute approximate surface area is 132 Å². The molecule has 112 valence electrons. The normalized spacial score (nSPS) is 17.6. The molecule has 0 spiro atoms. The Kier molecular flexibility index (Phi) is 4.11. The molecule has 2 amide bonds. The molecule has 1 saturated heterocycles. The number of hydrogen-bond acceptors (Lipinski definition) is 4. The maximum absolute atomic E-state index is 12.3. The van der Waals surface area contributed by atoms with Gasteiger partial charge in [-0.25, -0.2) is 5.01 Å². The SMILES string of the molecule is Cc1ccccc1C1SCC(=O)N1NC(=O)c1ccncc1. The van der Waals surface area contributed by atoms with Gasteiger partial charge in [-0.3, -0.25) is 20.0 Å². The molecule has 6 heteroatoms. The molecular formula is C16H15N3O2S. The van der Waals surface area contributed by atoms with Gasteiger partial charge in [-0.05, 0) is 30.2 Å². The average molecular weight is 313 g/mol. The van der Waals surface area contributed by atoms with Crippen LogP contribution in [0.5, 0.6) is 0 Å². The van der Waals surface area contributed by atoms with Crippen LogP contribution < -0.4 is 5.43 Å². The topological polar surface area (TPSA) is 62.3 Å². The van der Waals surface area contributed by atoms with E-state index in [4.69, 9.17) is 0 Å². The third-order valence-corrected chi connectivity index (χ3v) is 4.68. The molecule has 1 aromatic carbocycles. The fourth-order valence-electron chi connectivity index (χ4n) is 2.32. The minimum atomic E-state index is -0.308. The van der Waals surface area contributed by atoms with Crippen LogP contribution >= 0.6 is 11.8 Å². The number of thioether (sulfide) groups is 1. The van der Waals surface area contributed by atoms with Crippen molar-refractivity contribution in [3.63, 3.8) is 0 Å². The van der Waals surface area contributed by atoms with E-state index in [2.05, 4.69) is 10.4 Å². The maximum atomic E-state index is 12.3. The highest BCUT2D eigenvalue weighted by atomic mass is 32.2. The van der Waals surface area contributed by atoms with Gasteiger partial charge in [0.15, 0.2) is 0 Å². The first-order valence-electron chi connectivity index (χ1n) is 6.87. The van der Waals surface area contributed by atoms with Gasteiger partial charge >= 0.3 is 0 Å². The van der Waals surface area contributed by atoms with Gasteiger partial charge in [-0.1, -0.05) is 24.3 Å². The summed E-state index contributed by atoms with van der Waals surface area (Å²) in [5.74, 6) is -0.0483. The Balaban J connectivity index is 1.83. The van der Waals surface area contributed by atoms with E-state index >= 15 is 0 Å². The van der Waals surface area contributed by atoms with Crippen molar-refractivity contribution in [1.29, 1.82) is 0 Å². The van der Waals surface area contributed by atoms with Crippen LogP contribution in [0.3, 0.4) is 0 Å². The number of benzene rings is 1. The van der Waals surface area contributed by atoms with Crippen molar-refractivity contribution in [3.8, 4) is 0 Å². The largest absolute Gasteiger partial charge is 0.272 e. The van der Waals surface area contributed by atoms with Crippen LogP contribution in [0, 0.1) is 6.92 Å². The van der Waals surface area contributed by atoms with E-state index in [1.54, 1.807) is 24.5 Å². The number of rotatable bonds is 3. The average Bonchev–Trinajstić information content (AvgIpc) is 2.90. The third kappa shape index (κ3) is 2.82. The van der Waals surface area contributed by atoms with E-state index in [1.807, 2.05) is 31.2 Å². The Hall–Kier alpha value is -2.34. The summed E-state index contributed by atoms with van der Waals surface area (Å²) >= 11 is 1.51. The Morgan fingerprint density at radius 1 is 1.27 bits per heavy atom. The summed E-state index contributed by atoms with van der Waals surface area (Å²) in [6.45, 7) is 2.00. The number of hydrazine groups is 1. The highest BCUT2D eigenvalue weighted by Crippen LogP contribution is 2.38. The van der Waals surface area contributed by atoms with E-state index in [-0.39, 0.29) is 17.2 Å². The van der Waals surface area contributed by atoms with Crippen LogP contribution in [-0.4, -0.2) is 27.6 Å². The van der Waals surface area contributed by atoms with E-state index < -0.39 is 0 Å². The van der Waals surface area contributed by atoms with E-state index in [9.17, 15) is 9.59 Å². The van der Waals surface area contributed by atoms with Gasteiger partial charge in [-0.15, -0.1) is 11.8 Å². The molecule has 2 aromatic rings. The van der Waals surface area contributed by atoms with Crippen molar-refractivity contribution in [2.75, 3.05) is 5.75 Å². The van der Waals surface area contributed by atoms with Gasteiger partial charge in [-0.2, -0.15) is 0 Å². The molecule has 2 heterocycles. The molecule has 3 rings (SSSR count). The second-order valence-corrected chi connectivity index (χ2v) is 6.03. The molecule has 1 aliphatic rings. The van der Waals surface area contributed by atoms with Crippen LogP contribution in [-0.2, 0) is 4.79 Å². The predicted molar refractivity (Wildman–Crippen MR) is 84.9 cm³/mol. The molecule has 0 saturated carbocycles. The second-order valence-electron chi connectivity index (χ2n) is 4.96. The lowest BCUT2D eigenvalue weighted by atomic mass is 10.1. The second kappa shape index (κ2) is 6.19. The zero-order valence-electron chi connectivity index (χ0n) is 12.0. The molecule has 0 aliphatic carbocycles. The summed E-state index contributed by atoms with van der Waals surface area (Å²) < 4.78 is 0. The number of aromatic nitrogens is 1. The summed E-state index contributed by atoms with van der Waals surface area (Å²) in [6, 6.07) is 11.1. The first-order chi connectivity index (χ1) is 10.7. The fourth-order valence-corrected chi connectivity index (χ4v) is 3.52. The van der Waals surface area contributed by atoms with E-state index in [0.717, 1.165) is 11.1 Å². The number of nitrogens with one attached hydrogen (secondary N) is 1. The third-order valence-electron chi connectivity index (χ3n) is 3.49. The van der Waals surface area contributed by atoms with Gasteiger partial charge < -0.3 is 0 Å². The number of amides is 2. The molecule has 1 unspecified atom stereocenters. The molecule has 0 radical (unpaired) electrons. The summed E-state index contributed by atoms with van der Waals surface area (Å²) in [7, 11) is 0. The summed E-state index contributed by atoms with van der Waals surface area (Å²) in [6.07, 6.45) is 3.10. The number of nitrogens with zero attached hydrogens (tertiary/aromatic N) is 2. The lowest BCUT2D eigenvalue weighted by molar-refractivity contribution is -0.130. The van der Waals surface area contributed by atoms with Gasteiger partial charge in [0.05, 0.1) is 5.75 Å². The lowest BCUT2D eigenvalue weighted by Gasteiger charge is -2.25. The smallest absolute Gasteiger partial charge is 0.270 e. The Morgan fingerprint density at radius 3 is 2.73 bits per heavy atom. The zero-order valence-corrected chi connectivity index (χ0v) is 12.8. The molecular weight excluding hydrogens is 298 g/mol. The Morgan fingerprint density at radius 2 is 2.00 bits per heavy atom. The number of carbonyl (C=O) groups excluding carboxylic acids is 2. The minimum Gasteiger partial charge on any atom is -0.272 e. The molecule has 1 atom stereocenters. The molecule has 1 aliphatic heterocycles. The highest BCUT2D eigenvalue weighted by molar-refractivity contribution is 8.00. The predicted octanol–water partition coefficient (Wildman–Crippen LogP) is 2.31. The van der Waals surface area contributed by atoms with Crippen LogP contribution in [0.1, 0.15) is 26.9 Å². The fraction of sp³-hybridized carbons (Fsp3) is 0.188. The molecule has 1 fully saturated rings. The van der Waals surface area contributed by atoms with Crippen LogP contribution in [0.15, 0.2) is 48.8 Å². The van der Waals surface area contributed by atoms with Crippen LogP contribution in [0.25, 0.3) is 0 Å². The first kappa shape index (κ1) is 14.6. The van der Waals surface area contributed by atoms with Crippen molar-refractivity contribution in [2.24, 2.45) is 0 Å². The molecule has 0 bridgehead atoms. The molecule has 1 aromatic heterocycles. The van der Waals surface area contributed by atoms with Gasteiger partial charge in [0.25, 0.3) is 11.8 Å². The van der Waals surface area contributed by atoms with Crippen LogP contribution in [0.2, 0.25) is 0 Å². The standard InChI is InChI=1S/C16H15N3O2S/c1-11-4-2-3-5-13(11)16-19(14(20)10-22-16)18-15(21)12-6-8-17-9-7-12/h2-9,16H,10H2,1H3,(H,18,21). The van der Waals surface area contributed by atoms with Gasteiger partial charge in [0.1, 0.15) is 5.37 Å². The summed E-state index contributed by atoms with van der Waals surface area (Å²) in [5.41, 5.74) is 5.32. The maximum Gasteiger partial charge on any atom is 0.270 e. The van der Waals surface area contributed by atoms with Gasteiger partial charge in [0.2, 0.25) is 0 Å². The quantitative estimate of drug-likeness (QED) is 0.944.